The van der Waals surface area contributed by atoms with Gasteiger partial charge in [0, 0.05) is 25.3 Å². The maximum Gasteiger partial charge on any atom is 0.233 e. The van der Waals surface area contributed by atoms with Gasteiger partial charge < -0.3 is 21.0 Å². The van der Waals surface area contributed by atoms with Crippen molar-refractivity contribution in [2.45, 2.75) is 17.7 Å². The highest BCUT2D eigenvalue weighted by molar-refractivity contribution is 7.98. The second kappa shape index (κ2) is 9.23. The summed E-state index contributed by atoms with van der Waals surface area (Å²) in [6, 6.07) is 14.1. The molecule has 27 heavy (non-hydrogen) atoms. The lowest BCUT2D eigenvalue weighted by atomic mass is 9.97. The standard InChI is InChI=1S/C20H27N5OS/c1-14-4-6-15(7-5-14)17(13-21-10-11-25(2)3)20(26)22-16-8-9-18-19(12-16)27-24-23-18/h4-9,12,17,21,23-24H,10-11,13H2,1-3H3,(H,22,26). The minimum atomic E-state index is -0.245. The summed E-state index contributed by atoms with van der Waals surface area (Å²) >= 11 is 1.51. The number of amides is 1. The van der Waals surface area contributed by atoms with Crippen molar-refractivity contribution >= 4 is 29.2 Å². The van der Waals surface area contributed by atoms with Crippen molar-refractivity contribution in [1.82, 2.24) is 15.0 Å². The summed E-state index contributed by atoms with van der Waals surface area (Å²) in [5.41, 5.74) is 7.11. The van der Waals surface area contributed by atoms with E-state index in [1.54, 1.807) is 0 Å². The van der Waals surface area contributed by atoms with Crippen molar-refractivity contribution in [3.05, 3.63) is 53.6 Å². The number of aryl methyl sites for hydroxylation is 1. The molecule has 1 unspecified atom stereocenters. The fourth-order valence-electron chi connectivity index (χ4n) is 2.86. The van der Waals surface area contributed by atoms with Crippen molar-refractivity contribution in [3.63, 3.8) is 0 Å². The van der Waals surface area contributed by atoms with E-state index >= 15 is 0 Å². The van der Waals surface area contributed by atoms with Crippen LogP contribution < -0.4 is 20.9 Å². The summed E-state index contributed by atoms with van der Waals surface area (Å²) in [5, 5.41) is 6.49. The Labute approximate surface area is 165 Å². The third-order valence-electron chi connectivity index (χ3n) is 4.48. The first kappa shape index (κ1) is 19.7. The predicted octanol–water partition coefficient (Wildman–Crippen LogP) is 2.81. The van der Waals surface area contributed by atoms with Crippen molar-refractivity contribution in [1.29, 1.82) is 0 Å². The number of hydrogen-bond acceptors (Lipinski definition) is 6. The van der Waals surface area contributed by atoms with Gasteiger partial charge in [0.2, 0.25) is 5.91 Å². The molecule has 0 saturated carbocycles. The normalized spacial score (nSPS) is 13.9. The minimum absolute atomic E-state index is 0.0000661. The largest absolute Gasteiger partial charge is 0.325 e. The number of carbonyl (C=O) groups is 1. The van der Waals surface area contributed by atoms with Crippen molar-refractivity contribution < 1.29 is 4.79 Å². The molecule has 1 aliphatic rings. The highest BCUT2D eigenvalue weighted by Gasteiger charge is 2.21. The van der Waals surface area contributed by atoms with E-state index < -0.39 is 0 Å². The molecule has 0 aromatic heterocycles. The summed E-state index contributed by atoms with van der Waals surface area (Å²) in [7, 11) is 4.09. The fourth-order valence-corrected chi connectivity index (χ4v) is 3.55. The average molecular weight is 386 g/mol. The van der Waals surface area contributed by atoms with Gasteiger partial charge in [-0.2, -0.15) is 4.83 Å². The molecular formula is C20H27N5OS. The van der Waals surface area contributed by atoms with E-state index in [1.165, 1.54) is 17.5 Å². The molecule has 1 amide bonds. The Hall–Kier alpha value is -2.06. The van der Waals surface area contributed by atoms with Crippen molar-refractivity contribution in [2.75, 3.05) is 44.5 Å². The third-order valence-corrected chi connectivity index (χ3v) is 5.24. The Bertz CT molecular complexity index is 778. The second-order valence-electron chi connectivity index (χ2n) is 7.00. The first-order chi connectivity index (χ1) is 13.0. The smallest absolute Gasteiger partial charge is 0.233 e. The van der Waals surface area contributed by atoms with Gasteiger partial charge in [-0.25, -0.2) is 0 Å². The van der Waals surface area contributed by atoms with Gasteiger partial charge in [-0.15, -0.1) is 0 Å². The van der Waals surface area contributed by atoms with E-state index in [-0.39, 0.29) is 11.8 Å². The molecule has 0 aliphatic carbocycles. The summed E-state index contributed by atoms with van der Waals surface area (Å²) in [6.45, 7) is 4.43. The summed E-state index contributed by atoms with van der Waals surface area (Å²) < 4.78 is 0. The van der Waals surface area contributed by atoms with Crippen LogP contribution in [0.1, 0.15) is 17.0 Å². The van der Waals surface area contributed by atoms with Crippen LogP contribution in [0.25, 0.3) is 0 Å². The molecule has 7 heteroatoms. The predicted molar refractivity (Wildman–Crippen MR) is 113 cm³/mol. The zero-order valence-corrected chi connectivity index (χ0v) is 16.8. The summed E-state index contributed by atoms with van der Waals surface area (Å²) in [6.07, 6.45) is 0. The Morgan fingerprint density at radius 2 is 1.96 bits per heavy atom. The first-order valence-electron chi connectivity index (χ1n) is 9.08. The Balaban J connectivity index is 1.70. The molecule has 144 valence electrons. The van der Waals surface area contributed by atoms with E-state index in [1.807, 2.05) is 44.4 Å². The topological polar surface area (TPSA) is 68.4 Å². The number of nitrogens with zero attached hydrogens (tertiary/aromatic N) is 1. The van der Waals surface area contributed by atoms with Gasteiger partial charge in [0.25, 0.3) is 0 Å². The molecule has 0 radical (unpaired) electrons. The maximum atomic E-state index is 13.0. The molecule has 0 bridgehead atoms. The number of hydrazine groups is 1. The number of anilines is 2. The van der Waals surface area contributed by atoms with Gasteiger partial charge in [0.15, 0.2) is 0 Å². The van der Waals surface area contributed by atoms with E-state index in [9.17, 15) is 4.79 Å². The van der Waals surface area contributed by atoms with Crippen LogP contribution in [0.4, 0.5) is 11.4 Å². The number of benzene rings is 2. The zero-order valence-electron chi connectivity index (χ0n) is 16.0. The lowest BCUT2D eigenvalue weighted by Gasteiger charge is -2.19. The number of carbonyl (C=O) groups excluding carboxylic acids is 1. The zero-order chi connectivity index (χ0) is 19.2. The number of likely N-dealkylation sites (N-methyl/N-ethyl adjacent to an activating group) is 1. The molecule has 6 nitrogen and oxygen atoms in total. The number of hydrogen-bond donors (Lipinski definition) is 4. The van der Waals surface area contributed by atoms with Crippen molar-refractivity contribution in [3.8, 4) is 0 Å². The molecule has 1 atom stereocenters. The molecular weight excluding hydrogens is 358 g/mol. The van der Waals surface area contributed by atoms with Crippen LogP contribution in [-0.4, -0.2) is 44.5 Å². The number of nitrogens with one attached hydrogen (secondary N) is 4. The minimum Gasteiger partial charge on any atom is -0.325 e. The average Bonchev–Trinajstić information content (AvgIpc) is 3.10. The number of fused-ring (bicyclic) bond motifs is 1. The number of rotatable bonds is 8. The second-order valence-corrected chi connectivity index (χ2v) is 7.85. The van der Waals surface area contributed by atoms with Crippen molar-refractivity contribution in [2.24, 2.45) is 0 Å². The highest BCUT2D eigenvalue weighted by atomic mass is 32.2. The molecule has 4 N–H and O–H groups in total. The third kappa shape index (κ3) is 5.46. The quantitative estimate of drug-likeness (QED) is 0.414. The van der Waals surface area contributed by atoms with Crippen LogP contribution in [0.15, 0.2) is 47.4 Å². The lowest BCUT2D eigenvalue weighted by Crippen LogP contribution is -2.34. The molecule has 0 spiro atoms. The van der Waals surface area contributed by atoms with Crippen LogP contribution in [0.3, 0.4) is 0 Å². The van der Waals surface area contributed by atoms with Gasteiger partial charge >= 0.3 is 0 Å². The molecule has 0 fully saturated rings. The Morgan fingerprint density at radius 3 is 2.70 bits per heavy atom. The fraction of sp³-hybridized carbons (Fsp3) is 0.350. The monoisotopic (exact) mass is 385 g/mol. The van der Waals surface area contributed by atoms with Crippen LogP contribution in [0.2, 0.25) is 0 Å². The summed E-state index contributed by atoms with van der Waals surface area (Å²) in [4.78, 5) is 19.2. The maximum absolute atomic E-state index is 13.0. The van der Waals surface area contributed by atoms with Crippen LogP contribution in [-0.2, 0) is 4.79 Å². The SMILES string of the molecule is Cc1ccc(C(CNCCN(C)C)C(=O)Nc2ccc3c(c2)SNN3)cc1. The molecule has 2 aromatic rings. The van der Waals surface area contributed by atoms with Gasteiger partial charge in [0.1, 0.15) is 0 Å². The van der Waals surface area contributed by atoms with E-state index in [0.717, 1.165) is 34.9 Å². The summed E-state index contributed by atoms with van der Waals surface area (Å²) in [5.74, 6) is -0.245. The molecule has 1 heterocycles. The lowest BCUT2D eigenvalue weighted by molar-refractivity contribution is -0.117. The molecule has 0 saturated heterocycles. The Morgan fingerprint density at radius 1 is 1.19 bits per heavy atom. The van der Waals surface area contributed by atoms with Gasteiger partial charge in [-0.1, -0.05) is 29.8 Å². The van der Waals surface area contributed by atoms with E-state index in [0.29, 0.717) is 6.54 Å². The molecule has 1 aliphatic heterocycles. The van der Waals surface area contributed by atoms with Gasteiger partial charge in [-0.3, -0.25) is 4.79 Å². The van der Waals surface area contributed by atoms with Crippen LogP contribution in [0, 0.1) is 6.92 Å². The molecule has 3 rings (SSSR count). The highest BCUT2D eigenvalue weighted by Crippen LogP contribution is 2.32. The van der Waals surface area contributed by atoms with E-state index in [4.69, 9.17) is 0 Å². The van der Waals surface area contributed by atoms with Gasteiger partial charge in [0.05, 0.1) is 16.5 Å². The van der Waals surface area contributed by atoms with E-state index in [2.05, 4.69) is 44.8 Å². The Kier molecular flexibility index (Phi) is 6.73. The van der Waals surface area contributed by atoms with Crippen LogP contribution in [0.5, 0.6) is 0 Å². The molecule has 2 aromatic carbocycles. The van der Waals surface area contributed by atoms with Crippen LogP contribution >= 0.6 is 11.9 Å². The van der Waals surface area contributed by atoms with Gasteiger partial charge in [-0.05, 0) is 56.7 Å². The first-order valence-corrected chi connectivity index (χ1v) is 9.89.